The largest absolute Gasteiger partial charge is 0.450 e. The summed E-state index contributed by atoms with van der Waals surface area (Å²) in [4.78, 5) is 23.3. The van der Waals surface area contributed by atoms with Gasteiger partial charge in [-0.25, -0.2) is 9.59 Å². The van der Waals surface area contributed by atoms with E-state index < -0.39 is 0 Å². The van der Waals surface area contributed by atoms with E-state index in [0.717, 1.165) is 38.5 Å². The van der Waals surface area contributed by atoms with E-state index in [9.17, 15) is 9.59 Å². The highest BCUT2D eigenvalue weighted by Gasteiger charge is 2.26. The van der Waals surface area contributed by atoms with Gasteiger partial charge in [-0.3, -0.25) is 0 Å². The topological polar surface area (TPSA) is 76.7 Å². The number of rotatable bonds is 10. The van der Waals surface area contributed by atoms with Gasteiger partial charge in [-0.05, 0) is 37.5 Å². The van der Waals surface area contributed by atoms with Crippen molar-refractivity contribution >= 4 is 12.2 Å². The molecule has 0 radical (unpaired) electrons. The average Bonchev–Trinajstić information content (AvgIpc) is 2.59. The Hall–Kier alpha value is -1.46. The number of amides is 2. The van der Waals surface area contributed by atoms with Gasteiger partial charge in [0, 0.05) is 13.1 Å². The van der Waals surface area contributed by atoms with Crippen molar-refractivity contribution in [1.82, 2.24) is 10.6 Å². The van der Waals surface area contributed by atoms with Gasteiger partial charge in [-0.15, -0.1) is 0 Å². The molecule has 0 spiro atoms. The van der Waals surface area contributed by atoms with Crippen molar-refractivity contribution < 1.29 is 19.1 Å². The number of unbranched alkanes of at least 4 members (excludes halogenated alkanes) is 2. The van der Waals surface area contributed by atoms with Gasteiger partial charge in [0.1, 0.15) is 0 Å². The summed E-state index contributed by atoms with van der Waals surface area (Å²) >= 11 is 0. The first-order chi connectivity index (χ1) is 11.7. The van der Waals surface area contributed by atoms with Gasteiger partial charge in [-0.1, -0.05) is 39.5 Å². The van der Waals surface area contributed by atoms with Crippen LogP contribution in [0.1, 0.15) is 65.2 Å². The lowest BCUT2D eigenvalue weighted by Gasteiger charge is -2.31. The highest BCUT2D eigenvalue weighted by Crippen LogP contribution is 2.29. The van der Waals surface area contributed by atoms with Crippen LogP contribution in [-0.2, 0) is 9.47 Å². The van der Waals surface area contributed by atoms with Crippen molar-refractivity contribution in [2.24, 2.45) is 11.8 Å². The Balaban J connectivity index is 2.26. The van der Waals surface area contributed by atoms with Crippen LogP contribution in [0.25, 0.3) is 0 Å². The minimum Gasteiger partial charge on any atom is -0.450 e. The van der Waals surface area contributed by atoms with Crippen molar-refractivity contribution in [3.63, 3.8) is 0 Å². The second kappa shape index (κ2) is 12.9. The van der Waals surface area contributed by atoms with Crippen LogP contribution in [0, 0.1) is 11.8 Å². The Bertz CT molecular complexity index is 329. The molecule has 24 heavy (non-hydrogen) atoms. The summed E-state index contributed by atoms with van der Waals surface area (Å²) in [5, 5.41) is 5.73. The van der Waals surface area contributed by atoms with E-state index in [1.807, 2.05) is 0 Å². The van der Waals surface area contributed by atoms with E-state index in [-0.39, 0.29) is 12.2 Å². The Kier molecular flexibility index (Phi) is 11.1. The van der Waals surface area contributed by atoms with Crippen LogP contribution >= 0.6 is 0 Å². The van der Waals surface area contributed by atoms with E-state index >= 15 is 0 Å². The molecule has 2 N–H and O–H groups in total. The van der Waals surface area contributed by atoms with Crippen LogP contribution in [0.15, 0.2) is 0 Å². The molecule has 0 aromatic carbocycles. The van der Waals surface area contributed by atoms with E-state index in [2.05, 4.69) is 24.5 Å². The molecular formula is C18H34N2O4. The molecule has 1 aliphatic carbocycles. The quantitative estimate of drug-likeness (QED) is 0.591. The zero-order valence-electron chi connectivity index (χ0n) is 15.3. The number of alkyl carbamates (subject to hydrolysis) is 2. The molecule has 2 unspecified atom stereocenters. The Morgan fingerprint density at radius 1 is 0.833 bits per heavy atom. The fraction of sp³-hybridized carbons (Fsp3) is 0.889. The third-order valence-corrected chi connectivity index (χ3v) is 4.55. The molecule has 1 fully saturated rings. The van der Waals surface area contributed by atoms with Crippen molar-refractivity contribution in [3.8, 4) is 0 Å². The predicted molar refractivity (Wildman–Crippen MR) is 94.0 cm³/mol. The number of carbonyl (C=O) groups excluding carboxylic acids is 2. The van der Waals surface area contributed by atoms with Gasteiger partial charge < -0.3 is 20.1 Å². The highest BCUT2D eigenvalue weighted by molar-refractivity contribution is 5.67. The van der Waals surface area contributed by atoms with E-state index in [0.29, 0.717) is 38.1 Å². The fourth-order valence-corrected chi connectivity index (χ4v) is 2.97. The van der Waals surface area contributed by atoms with Crippen LogP contribution in [0.5, 0.6) is 0 Å². The number of hydrogen-bond acceptors (Lipinski definition) is 4. The molecule has 1 aliphatic rings. The summed E-state index contributed by atoms with van der Waals surface area (Å²) < 4.78 is 10.2. The van der Waals surface area contributed by atoms with Gasteiger partial charge in [0.15, 0.2) is 0 Å². The van der Waals surface area contributed by atoms with Crippen LogP contribution in [0.4, 0.5) is 9.59 Å². The van der Waals surface area contributed by atoms with Crippen molar-refractivity contribution in [3.05, 3.63) is 0 Å². The molecule has 2 amide bonds. The minimum atomic E-state index is -0.334. The van der Waals surface area contributed by atoms with Crippen molar-refractivity contribution in [2.45, 2.75) is 65.2 Å². The van der Waals surface area contributed by atoms with Gasteiger partial charge >= 0.3 is 12.2 Å². The van der Waals surface area contributed by atoms with Gasteiger partial charge in [0.05, 0.1) is 13.2 Å². The monoisotopic (exact) mass is 342 g/mol. The lowest BCUT2D eigenvalue weighted by Crippen LogP contribution is -2.40. The van der Waals surface area contributed by atoms with Crippen LogP contribution in [0.3, 0.4) is 0 Å². The first-order valence-electron chi connectivity index (χ1n) is 9.48. The maximum Gasteiger partial charge on any atom is 0.407 e. The summed E-state index contributed by atoms with van der Waals surface area (Å²) in [7, 11) is 0. The average molecular weight is 342 g/mol. The summed E-state index contributed by atoms with van der Waals surface area (Å²) in [6, 6.07) is 0. The van der Waals surface area contributed by atoms with Gasteiger partial charge in [0.25, 0.3) is 0 Å². The molecule has 6 heteroatoms. The van der Waals surface area contributed by atoms with Crippen LogP contribution in [-0.4, -0.2) is 38.5 Å². The summed E-state index contributed by atoms with van der Waals surface area (Å²) in [5.41, 5.74) is 0. The maximum atomic E-state index is 11.7. The zero-order valence-corrected chi connectivity index (χ0v) is 15.3. The van der Waals surface area contributed by atoms with E-state index in [4.69, 9.17) is 9.47 Å². The number of ether oxygens (including phenoxy) is 2. The molecule has 0 saturated heterocycles. The third kappa shape index (κ3) is 8.99. The fourth-order valence-electron chi connectivity index (χ4n) is 2.97. The number of carbonyl (C=O) groups is 2. The normalized spacial score (nSPS) is 20.2. The van der Waals surface area contributed by atoms with Crippen LogP contribution < -0.4 is 10.6 Å². The number of hydrogen-bond donors (Lipinski definition) is 2. The smallest absolute Gasteiger partial charge is 0.407 e. The first kappa shape index (κ1) is 20.6. The molecule has 1 saturated carbocycles. The summed E-state index contributed by atoms with van der Waals surface area (Å²) in [6.45, 7) is 6.30. The predicted octanol–water partition coefficient (Wildman–Crippen LogP) is 3.85. The van der Waals surface area contributed by atoms with Crippen LogP contribution in [0.2, 0.25) is 0 Å². The zero-order chi connectivity index (χ0) is 17.6. The van der Waals surface area contributed by atoms with Gasteiger partial charge in [0.2, 0.25) is 0 Å². The third-order valence-electron chi connectivity index (χ3n) is 4.55. The SMILES string of the molecule is CCCCOC(=O)NCC1CCCCC1CNC(=O)OCCCC. The Morgan fingerprint density at radius 3 is 1.62 bits per heavy atom. The first-order valence-corrected chi connectivity index (χ1v) is 9.48. The lowest BCUT2D eigenvalue weighted by atomic mass is 9.79. The summed E-state index contributed by atoms with van der Waals surface area (Å²) in [6.07, 6.45) is 7.64. The number of nitrogens with one attached hydrogen (secondary N) is 2. The molecular weight excluding hydrogens is 308 g/mol. The lowest BCUT2D eigenvalue weighted by molar-refractivity contribution is 0.131. The summed E-state index contributed by atoms with van der Waals surface area (Å²) in [5.74, 6) is 0.766. The second-order valence-electron chi connectivity index (χ2n) is 6.55. The molecule has 0 aromatic heterocycles. The molecule has 140 valence electrons. The van der Waals surface area contributed by atoms with Gasteiger partial charge in [-0.2, -0.15) is 0 Å². The van der Waals surface area contributed by atoms with Crippen molar-refractivity contribution in [1.29, 1.82) is 0 Å². The second-order valence-corrected chi connectivity index (χ2v) is 6.55. The maximum absolute atomic E-state index is 11.7. The highest BCUT2D eigenvalue weighted by atomic mass is 16.6. The molecule has 0 aromatic rings. The molecule has 1 rings (SSSR count). The molecule has 0 aliphatic heterocycles. The van der Waals surface area contributed by atoms with Crippen molar-refractivity contribution in [2.75, 3.05) is 26.3 Å². The van der Waals surface area contributed by atoms with E-state index in [1.165, 1.54) is 12.8 Å². The van der Waals surface area contributed by atoms with E-state index in [1.54, 1.807) is 0 Å². The molecule has 2 atom stereocenters. The molecule has 0 heterocycles. The Labute approximate surface area is 146 Å². The molecule has 6 nitrogen and oxygen atoms in total. The molecule has 0 bridgehead atoms. The minimum absolute atomic E-state index is 0.334. The standard InChI is InChI=1S/C18H34N2O4/c1-3-5-11-23-17(21)19-13-15-9-7-8-10-16(15)14-20-18(22)24-12-6-4-2/h15-16H,3-14H2,1-2H3,(H,19,21)(H,20,22). The Morgan fingerprint density at radius 2 is 1.25 bits per heavy atom.